The molecule has 1 aliphatic rings. The van der Waals surface area contributed by atoms with Gasteiger partial charge in [-0.25, -0.2) is 4.98 Å². The molecule has 0 unspecified atom stereocenters. The number of rotatable bonds is 5. The Morgan fingerprint density at radius 1 is 1.19 bits per heavy atom. The van der Waals surface area contributed by atoms with Crippen LogP contribution in [-0.2, 0) is 13.0 Å². The van der Waals surface area contributed by atoms with Crippen LogP contribution in [0.1, 0.15) is 21.6 Å². The molecular formula is C22H18N6O4. The Labute approximate surface area is 181 Å². The van der Waals surface area contributed by atoms with E-state index in [2.05, 4.69) is 21.0 Å². The molecule has 160 valence electrons. The topological polar surface area (TPSA) is 140 Å². The zero-order valence-electron chi connectivity index (χ0n) is 16.8. The van der Waals surface area contributed by atoms with E-state index in [1.165, 1.54) is 24.0 Å². The predicted octanol–water partition coefficient (Wildman–Crippen LogP) is 3.32. The summed E-state index contributed by atoms with van der Waals surface area (Å²) in [6.45, 7) is 1.00. The van der Waals surface area contributed by atoms with Gasteiger partial charge in [0.1, 0.15) is 12.1 Å². The van der Waals surface area contributed by atoms with Crippen molar-refractivity contribution in [2.24, 2.45) is 5.73 Å². The van der Waals surface area contributed by atoms with Crippen molar-refractivity contribution in [1.82, 2.24) is 15.0 Å². The molecule has 5 rings (SSSR count). The van der Waals surface area contributed by atoms with Crippen molar-refractivity contribution in [2.45, 2.75) is 13.0 Å². The smallest absolute Gasteiger partial charge is 0.373 e. The third-order valence-corrected chi connectivity index (χ3v) is 5.47. The summed E-state index contributed by atoms with van der Waals surface area (Å²) in [4.78, 5) is 36.3. The summed E-state index contributed by atoms with van der Waals surface area (Å²) < 4.78 is 5.68. The van der Waals surface area contributed by atoms with Crippen LogP contribution in [0.25, 0.3) is 10.9 Å². The second-order valence-electron chi connectivity index (χ2n) is 7.40. The highest BCUT2D eigenvalue weighted by Crippen LogP contribution is 2.38. The number of primary amides is 1. The number of hydrogen-bond acceptors (Lipinski definition) is 7. The summed E-state index contributed by atoms with van der Waals surface area (Å²) >= 11 is 0. The third kappa shape index (κ3) is 3.37. The van der Waals surface area contributed by atoms with Crippen LogP contribution in [0.4, 0.5) is 11.5 Å². The first-order valence-corrected chi connectivity index (χ1v) is 9.92. The van der Waals surface area contributed by atoms with Crippen molar-refractivity contribution in [1.29, 1.82) is 0 Å². The van der Waals surface area contributed by atoms with Gasteiger partial charge in [0.15, 0.2) is 0 Å². The summed E-state index contributed by atoms with van der Waals surface area (Å²) in [6, 6.07) is 14.1. The van der Waals surface area contributed by atoms with E-state index in [1.807, 2.05) is 23.1 Å². The quantitative estimate of drug-likeness (QED) is 0.365. The van der Waals surface area contributed by atoms with E-state index in [-0.39, 0.29) is 28.7 Å². The van der Waals surface area contributed by atoms with Crippen LogP contribution in [0.15, 0.2) is 54.9 Å². The number of hydrogen-bond donors (Lipinski definition) is 2. The Morgan fingerprint density at radius 2 is 2.03 bits per heavy atom. The number of aromatic nitrogens is 3. The summed E-state index contributed by atoms with van der Waals surface area (Å²) in [7, 11) is 0. The molecular weight excluding hydrogens is 412 g/mol. The average molecular weight is 430 g/mol. The zero-order valence-corrected chi connectivity index (χ0v) is 16.8. The van der Waals surface area contributed by atoms with Gasteiger partial charge in [-0.2, -0.15) is 4.98 Å². The number of anilines is 1. The molecule has 2 aromatic heterocycles. The first kappa shape index (κ1) is 19.5. The molecule has 0 saturated carbocycles. The van der Waals surface area contributed by atoms with Gasteiger partial charge in [-0.05, 0) is 36.2 Å². The molecule has 1 amide bonds. The number of carbonyl (C=O) groups excluding carboxylic acids is 1. The summed E-state index contributed by atoms with van der Waals surface area (Å²) in [6.07, 6.45) is 1.95. The molecule has 10 heteroatoms. The van der Waals surface area contributed by atoms with E-state index in [4.69, 9.17) is 10.5 Å². The highest BCUT2D eigenvalue weighted by atomic mass is 16.6. The molecule has 0 aliphatic carbocycles. The van der Waals surface area contributed by atoms with E-state index in [0.29, 0.717) is 13.1 Å². The summed E-state index contributed by atoms with van der Waals surface area (Å²) in [5.41, 5.74) is 8.45. The lowest BCUT2D eigenvalue weighted by atomic mass is 10.0. The zero-order chi connectivity index (χ0) is 22.2. The van der Waals surface area contributed by atoms with Crippen LogP contribution in [0.5, 0.6) is 11.6 Å². The maximum Gasteiger partial charge on any atom is 0.373 e. The van der Waals surface area contributed by atoms with Crippen LogP contribution in [0.3, 0.4) is 0 Å². The molecule has 3 heterocycles. The van der Waals surface area contributed by atoms with E-state index in [0.717, 1.165) is 23.0 Å². The highest BCUT2D eigenvalue weighted by Gasteiger charge is 2.31. The van der Waals surface area contributed by atoms with Crippen molar-refractivity contribution in [3.8, 4) is 11.6 Å². The van der Waals surface area contributed by atoms with Gasteiger partial charge >= 0.3 is 11.6 Å². The van der Waals surface area contributed by atoms with Crippen LogP contribution >= 0.6 is 0 Å². The molecule has 1 aliphatic heterocycles. The fourth-order valence-corrected chi connectivity index (χ4v) is 4.02. The molecule has 32 heavy (non-hydrogen) atoms. The monoisotopic (exact) mass is 430 g/mol. The first-order chi connectivity index (χ1) is 15.5. The second-order valence-corrected chi connectivity index (χ2v) is 7.40. The summed E-state index contributed by atoms with van der Waals surface area (Å²) in [5, 5.41) is 13.1. The second kappa shape index (κ2) is 7.65. The first-order valence-electron chi connectivity index (χ1n) is 9.92. The molecule has 0 atom stereocenters. The number of nitrogens with zero attached hydrogens (tertiary/aromatic N) is 4. The molecule has 10 nitrogen and oxygen atoms in total. The van der Waals surface area contributed by atoms with Crippen LogP contribution in [0.2, 0.25) is 0 Å². The SMILES string of the molecule is NC(=O)c1cccc(Oc2ncnc(N3CCc4c([nH]c5ccccc45)C3)c2[N+](=O)[O-])c1. The van der Waals surface area contributed by atoms with Crippen LogP contribution in [-0.4, -0.2) is 32.3 Å². The maximum absolute atomic E-state index is 12.0. The van der Waals surface area contributed by atoms with E-state index in [1.54, 1.807) is 12.1 Å². The minimum atomic E-state index is -0.629. The number of H-pyrrole nitrogens is 1. The van der Waals surface area contributed by atoms with Crippen molar-refractivity contribution in [3.05, 3.63) is 81.8 Å². The lowest BCUT2D eigenvalue weighted by molar-refractivity contribution is -0.385. The Bertz CT molecular complexity index is 1370. The molecule has 0 bridgehead atoms. The number of benzene rings is 2. The highest BCUT2D eigenvalue weighted by molar-refractivity contribution is 5.93. The fraction of sp³-hybridized carbons (Fsp3) is 0.136. The standard InChI is InChI=1S/C22H18N6O4/c23-20(29)13-4-3-5-14(10-13)32-22-19(28(30)31)21(24-12-25-22)27-9-8-16-15-6-1-2-7-17(15)26-18(16)11-27/h1-7,10,12,26H,8-9,11H2,(H2,23,29). The van der Waals surface area contributed by atoms with E-state index >= 15 is 0 Å². The van der Waals surface area contributed by atoms with E-state index < -0.39 is 10.8 Å². The van der Waals surface area contributed by atoms with Gasteiger partial charge in [0.05, 0.1) is 11.5 Å². The normalized spacial score (nSPS) is 13.1. The van der Waals surface area contributed by atoms with Crippen LogP contribution < -0.4 is 15.4 Å². The van der Waals surface area contributed by atoms with Gasteiger partial charge in [-0.15, -0.1) is 0 Å². The molecule has 0 fully saturated rings. The minimum Gasteiger partial charge on any atom is -0.434 e. The Morgan fingerprint density at radius 3 is 2.84 bits per heavy atom. The van der Waals surface area contributed by atoms with Crippen molar-refractivity contribution in [2.75, 3.05) is 11.4 Å². The molecule has 4 aromatic rings. The number of ether oxygens (including phenoxy) is 1. The molecule has 0 radical (unpaired) electrons. The minimum absolute atomic E-state index is 0.176. The Balaban J connectivity index is 1.50. The number of nitrogens with one attached hydrogen (secondary N) is 1. The van der Waals surface area contributed by atoms with Crippen LogP contribution in [0, 0.1) is 10.1 Å². The number of carbonyl (C=O) groups is 1. The third-order valence-electron chi connectivity index (χ3n) is 5.47. The molecule has 0 saturated heterocycles. The van der Waals surface area contributed by atoms with Gasteiger partial charge in [0.2, 0.25) is 11.7 Å². The van der Waals surface area contributed by atoms with Gasteiger partial charge < -0.3 is 20.4 Å². The summed E-state index contributed by atoms with van der Waals surface area (Å²) in [5.74, 6) is -0.444. The van der Waals surface area contributed by atoms with E-state index in [9.17, 15) is 14.9 Å². The number of aromatic amines is 1. The van der Waals surface area contributed by atoms with Gasteiger partial charge in [-0.1, -0.05) is 24.3 Å². The average Bonchev–Trinajstić information content (AvgIpc) is 3.16. The lowest BCUT2D eigenvalue weighted by Crippen LogP contribution is -2.31. The van der Waals surface area contributed by atoms with Gasteiger partial charge in [-0.3, -0.25) is 14.9 Å². The number of para-hydroxylation sites is 1. The maximum atomic E-state index is 12.0. The Kier molecular flexibility index (Phi) is 4.66. The number of nitrogens with two attached hydrogens (primary N) is 1. The van der Waals surface area contributed by atoms with Crippen molar-refractivity contribution < 1.29 is 14.5 Å². The number of amides is 1. The van der Waals surface area contributed by atoms with Gasteiger partial charge in [0, 0.05) is 28.7 Å². The van der Waals surface area contributed by atoms with Crippen molar-refractivity contribution >= 4 is 28.3 Å². The number of fused-ring (bicyclic) bond motifs is 3. The molecule has 0 spiro atoms. The Hall–Kier alpha value is -4.47. The van der Waals surface area contributed by atoms with Crippen molar-refractivity contribution in [3.63, 3.8) is 0 Å². The number of nitro groups is 1. The van der Waals surface area contributed by atoms with Gasteiger partial charge in [0.25, 0.3) is 0 Å². The lowest BCUT2D eigenvalue weighted by Gasteiger charge is -2.27. The fourth-order valence-electron chi connectivity index (χ4n) is 4.02. The molecule has 2 aromatic carbocycles. The molecule has 3 N–H and O–H groups in total. The largest absolute Gasteiger partial charge is 0.434 e. The predicted molar refractivity (Wildman–Crippen MR) is 117 cm³/mol.